The van der Waals surface area contributed by atoms with Gasteiger partial charge in [0.15, 0.2) is 0 Å². The van der Waals surface area contributed by atoms with Crippen molar-refractivity contribution in [2.24, 2.45) is 0 Å². The van der Waals surface area contributed by atoms with E-state index in [-0.39, 0.29) is 18.0 Å². The second kappa shape index (κ2) is 8.44. The molecule has 2 aliphatic heterocycles. The van der Waals surface area contributed by atoms with Crippen molar-refractivity contribution < 1.29 is 4.79 Å². The van der Waals surface area contributed by atoms with Crippen molar-refractivity contribution in [2.45, 2.75) is 44.7 Å². The lowest BCUT2D eigenvalue weighted by molar-refractivity contribution is -0.136. The van der Waals surface area contributed by atoms with Crippen LogP contribution in [0.3, 0.4) is 0 Å². The lowest BCUT2D eigenvalue weighted by atomic mass is 9.87. The van der Waals surface area contributed by atoms with Crippen LogP contribution in [0.5, 0.6) is 0 Å². The van der Waals surface area contributed by atoms with E-state index in [9.17, 15) is 4.79 Å². The van der Waals surface area contributed by atoms with Gasteiger partial charge >= 0.3 is 0 Å². The highest BCUT2D eigenvalue weighted by molar-refractivity contribution is 6.42. The number of benzene rings is 2. The standard InChI is InChI=1S/C23H26Cl2N2O/c1-16-12-18-6-2-3-7-19(18)22(15-26-10-4-5-11-26)27(16)23(28)14-17-8-9-20(24)21(25)13-17/h2-3,6-9,13,16,22H,4-5,10-12,14-15H2,1H3/t16-,22-/m1/s1. The normalized spacial score (nSPS) is 22.3. The molecule has 4 rings (SSSR count). The number of hydrogen-bond donors (Lipinski definition) is 0. The summed E-state index contributed by atoms with van der Waals surface area (Å²) in [6, 6.07) is 14.4. The quantitative estimate of drug-likeness (QED) is 0.687. The number of carbonyl (C=O) groups is 1. The van der Waals surface area contributed by atoms with Crippen molar-refractivity contribution in [2.75, 3.05) is 19.6 Å². The molecule has 0 aromatic heterocycles. The largest absolute Gasteiger partial charge is 0.331 e. The van der Waals surface area contributed by atoms with E-state index in [1.54, 1.807) is 12.1 Å². The fraction of sp³-hybridized carbons (Fsp3) is 0.435. The summed E-state index contributed by atoms with van der Waals surface area (Å²) in [7, 11) is 0. The molecule has 3 nitrogen and oxygen atoms in total. The number of hydrogen-bond acceptors (Lipinski definition) is 2. The molecule has 148 valence electrons. The minimum absolute atomic E-state index is 0.105. The third kappa shape index (κ3) is 4.07. The van der Waals surface area contributed by atoms with Crippen LogP contribution in [0.2, 0.25) is 10.0 Å². The molecule has 0 spiro atoms. The first-order chi connectivity index (χ1) is 13.5. The summed E-state index contributed by atoms with van der Waals surface area (Å²) in [5.41, 5.74) is 3.58. The van der Waals surface area contributed by atoms with E-state index in [1.165, 1.54) is 24.0 Å². The number of halogens is 2. The average molecular weight is 417 g/mol. The van der Waals surface area contributed by atoms with E-state index in [4.69, 9.17) is 23.2 Å². The molecule has 2 heterocycles. The smallest absolute Gasteiger partial charge is 0.227 e. The fourth-order valence-electron chi connectivity index (χ4n) is 4.65. The Kier molecular flexibility index (Phi) is 5.96. The average Bonchev–Trinajstić information content (AvgIpc) is 3.18. The first-order valence-corrected chi connectivity index (χ1v) is 10.8. The summed E-state index contributed by atoms with van der Waals surface area (Å²) in [5, 5.41) is 1.02. The Balaban J connectivity index is 1.62. The topological polar surface area (TPSA) is 23.6 Å². The van der Waals surface area contributed by atoms with Gasteiger partial charge in [-0.25, -0.2) is 0 Å². The Bertz CT molecular complexity index is 863. The molecule has 2 atom stereocenters. The molecular formula is C23H26Cl2N2O. The van der Waals surface area contributed by atoms with Crippen LogP contribution in [0.15, 0.2) is 42.5 Å². The van der Waals surface area contributed by atoms with E-state index in [2.05, 4.69) is 41.0 Å². The van der Waals surface area contributed by atoms with Crippen molar-refractivity contribution in [3.05, 3.63) is 69.2 Å². The number of carbonyl (C=O) groups excluding carboxylic acids is 1. The number of fused-ring (bicyclic) bond motifs is 1. The maximum Gasteiger partial charge on any atom is 0.227 e. The number of nitrogens with zero attached hydrogens (tertiary/aromatic N) is 2. The van der Waals surface area contributed by atoms with Crippen LogP contribution in [0.25, 0.3) is 0 Å². The van der Waals surface area contributed by atoms with Gasteiger partial charge in [-0.15, -0.1) is 0 Å². The lowest BCUT2D eigenvalue weighted by Gasteiger charge is -2.43. The molecule has 0 N–H and O–H groups in total. The van der Waals surface area contributed by atoms with Crippen molar-refractivity contribution >= 4 is 29.1 Å². The molecule has 1 saturated heterocycles. The van der Waals surface area contributed by atoms with Gasteiger partial charge in [0.05, 0.1) is 22.5 Å². The number of rotatable bonds is 4. The van der Waals surface area contributed by atoms with Crippen molar-refractivity contribution in [1.82, 2.24) is 9.80 Å². The molecule has 1 amide bonds. The molecule has 1 fully saturated rings. The molecule has 5 heteroatoms. The molecule has 2 aromatic rings. The van der Waals surface area contributed by atoms with Gasteiger partial charge in [0.25, 0.3) is 0 Å². The third-order valence-electron chi connectivity index (χ3n) is 6.00. The molecule has 2 aliphatic rings. The van der Waals surface area contributed by atoms with Crippen molar-refractivity contribution in [3.8, 4) is 0 Å². The molecule has 0 radical (unpaired) electrons. The van der Waals surface area contributed by atoms with Crippen LogP contribution in [0.4, 0.5) is 0 Å². The minimum atomic E-state index is 0.105. The molecule has 2 aromatic carbocycles. The first-order valence-electron chi connectivity index (χ1n) is 10.1. The Morgan fingerprint density at radius 3 is 2.57 bits per heavy atom. The van der Waals surface area contributed by atoms with Crippen LogP contribution in [-0.2, 0) is 17.6 Å². The molecule has 0 unspecified atom stereocenters. The Morgan fingerprint density at radius 1 is 1.07 bits per heavy atom. The zero-order chi connectivity index (χ0) is 19.7. The molecule has 0 bridgehead atoms. The van der Waals surface area contributed by atoms with E-state index in [0.717, 1.165) is 31.6 Å². The molecule has 0 aliphatic carbocycles. The van der Waals surface area contributed by atoms with Crippen LogP contribution >= 0.6 is 23.2 Å². The summed E-state index contributed by atoms with van der Waals surface area (Å²) < 4.78 is 0. The molecular weight excluding hydrogens is 391 g/mol. The van der Waals surface area contributed by atoms with Gasteiger partial charge < -0.3 is 9.80 Å². The summed E-state index contributed by atoms with van der Waals surface area (Å²) in [4.78, 5) is 18.0. The predicted molar refractivity (Wildman–Crippen MR) is 115 cm³/mol. The SMILES string of the molecule is C[C@@H]1Cc2ccccc2[C@@H](CN2CCCC2)N1C(=O)Cc1ccc(Cl)c(Cl)c1. The van der Waals surface area contributed by atoms with E-state index < -0.39 is 0 Å². The van der Waals surface area contributed by atoms with Crippen LogP contribution in [0, 0.1) is 0 Å². The summed E-state index contributed by atoms with van der Waals surface area (Å²) in [5.74, 6) is 0.157. The second-order valence-electron chi connectivity index (χ2n) is 8.00. The third-order valence-corrected chi connectivity index (χ3v) is 6.74. The number of amides is 1. The summed E-state index contributed by atoms with van der Waals surface area (Å²) in [6.45, 7) is 5.33. The Hall–Kier alpha value is -1.55. The Morgan fingerprint density at radius 2 is 1.82 bits per heavy atom. The zero-order valence-corrected chi connectivity index (χ0v) is 17.7. The predicted octanol–water partition coefficient (Wildman–Crippen LogP) is 5.15. The van der Waals surface area contributed by atoms with Gasteiger partial charge in [0.2, 0.25) is 5.91 Å². The summed E-state index contributed by atoms with van der Waals surface area (Å²) in [6.07, 6.45) is 3.75. The highest BCUT2D eigenvalue weighted by Crippen LogP contribution is 2.35. The monoisotopic (exact) mass is 416 g/mol. The Labute approximate surface area is 177 Å². The van der Waals surface area contributed by atoms with Crippen LogP contribution < -0.4 is 0 Å². The lowest BCUT2D eigenvalue weighted by Crippen LogP contribution is -2.49. The van der Waals surface area contributed by atoms with Crippen LogP contribution in [-0.4, -0.2) is 41.4 Å². The first kappa shape index (κ1) is 19.8. The fourth-order valence-corrected chi connectivity index (χ4v) is 4.97. The highest BCUT2D eigenvalue weighted by Gasteiger charge is 2.36. The highest BCUT2D eigenvalue weighted by atomic mass is 35.5. The van der Waals surface area contributed by atoms with Gasteiger partial charge in [-0.1, -0.05) is 53.5 Å². The molecule has 0 saturated carbocycles. The second-order valence-corrected chi connectivity index (χ2v) is 8.82. The minimum Gasteiger partial charge on any atom is -0.331 e. The van der Waals surface area contributed by atoms with Gasteiger partial charge in [-0.05, 0) is 68.1 Å². The van der Waals surface area contributed by atoms with Gasteiger partial charge in [-0.2, -0.15) is 0 Å². The summed E-state index contributed by atoms with van der Waals surface area (Å²) >= 11 is 12.2. The maximum absolute atomic E-state index is 13.4. The van der Waals surface area contributed by atoms with Gasteiger partial charge in [-0.3, -0.25) is 4.79 Å². The maximum atomic E-state index is 13.4. The van der Waals surface area contributed by atoms with Crippen LogP contribution in [0.1, 0.15) is 42.5 Å². The van der Waals surface area contributed by atoms with E-state index in [1.807, 2.05) is 6.07 Å². The van der Waals surface area contributed by atoms with E-state index in [0.29, 0.717) is 16.5 Å². The van der Waals surface area contributed by atoms with E-state index >= 15 is 0 Å². The zero-order valence-electron chi connectivity index (χ0n) is 16.2. The molecule has 28 heavy (non-hydrogen) atoms. The number of likely N-dealkylation sites (tertiary alicyclic amines) is 1. The van der Waals surface area contributed by atoms with Gasteiger partial charge in [0, 0.05) is 12.6 Å². The van der Waals surface area contributed by atoms with Crippen molar-refractivity contribution in [3.63, 3.8) is 0 Å². The van der Waals surface area contributed by atoms with Gasteiger partial charge in [0.1, 0.15) is 0 Å². The van der Waals surface area contributed by atoms with Crippen molar-refractivity contribution in [1.29, 1.82) is 0 Å².